The van der Waals surface area contributed by atoms with Gasteiger partial charge in [-0.05, 0) is 0 Å². The number of hydrazone groups is 1. The predicted octanol–water partition coefficient (Wildman–Crippen LogP) is 1.59. The van der Waals surface area contributed by atoms with Gasteiger partial charge in [0.1, 0.15) is 5.16 Å². The minimum absolute atomic E-state index is 0.265. The van der Waals surface area contributed by atoms with Crippen molar-refractivity contribution in [3.8, 4) is 0 Å². The molecule has 0 aromatic rings. The monoisotopic (exact) mass is 185 g/mol. The SMILES string of the molecule is ClC1=C(Cl)NN(Cl)N=C1. The van der Waals surface area contributed by atoms with Gasteiger partial charge in [0.2, 0.25) is 0 Å². The summed E-state index contributed by atoms with van der Waals surface area (Å²) in [4.78, 5) is 0. The summed E-state index contributed by atoms with van der Waals surface area (Å²) in [5.41, 5.74) is 2.44. The summed E-state index contributed by atoms with van der Waals surface area (Å²) in [6, 6.07) is 0. The van der Waals surface area contributed by atoms with Gasteiger partial charge in [0, 0.05) is 0 Å². The average Bonchev–Trinajstić information content (AvgIpc) is 1.80. The van der Waals surface area contributed by atoms with E-state index in [1.807, 2.05) is 0 Å². The summed E-state index contributed by atoms with van der Waals surface area (Å²) in [7, 11) is 0. The number of rotatable bonds is 0. The molecule has 0 amide bonds. The molecule has 0 unspecified atom stereocenters. The fourth-order valence-electron chi connectivity index (χ4n) is 0.321. The molecule has 1 aliphatic heterocycles. The van der Waals surface area contributed by atoms with Gasteiger partial charge in [-0.15, -0.1) is 9.74 Å². The van der Waals surface area contributed by atoms with Crippen molar-refractivity contribution in [1.29, 1.82) is 0 Å². The lowest BCUT2D eigenvalue weighted by Crippen LogP contribution is -2.26. The highest BCUT2D eigenvalue weighted by atomic mass is 35.5. The molecule has 1 N–H and O–H groups in total. The minimum atomic E-state index is 0.265. The van der Waals surface area contributed by atoms with Crippen molar-refractivity contribution in [2.24, 2.45) is 5.10 Å². The Labute approximate surface area is 66.9 Å². The lowest BCUT2D eigenvalue weighted by molar-refractivity contribution is 0.407. The normalized spacial score (nSPS) is 18.3. The van der Waals surface area contributed by atoms with Crippen LogP contribution in [0.25, 0.3) is 0 Å². The Morgan fingerprint density at radius 3 is 2.67 bits per heavy atom. The zero-order valence-electron chi connectivity index (χ0n) is 4.11. The molecule has 0 saturated heterocycles. The molecule has 0 aromatic heterocycles. The largest absolute Gasteiger partial charge is 0.254 e. The Bertz CT molecular complexity index is 175. The number of hydrogen-bond donors (Lipinski definition) is 1. The van der Waals surface area contributed by atoms with Gasteiger partial charge in [-0.25, -0.2) is 0 Å². The first kappa shape index (κ1) is 6.99. The minimum Gasteiger partial charge on any atom is -0.254 e. The molecule has 0 aliphatic carbocycles. The standard InChI is InChI=1S/C3H2Cl3N3/c4-2-1-7-9(6)8-3(2)5/h1,8H. The molecule has 0 bridgehead atoms. The van der Waals surface area contributed by atoms with E-state index in [1.54, 1.807) is 0 Å². The molecule has 1 aliphatic rings. The molecule has 0 fully saturated rings. The molecule has 0 spiro atoms. The first-order valence-electron chi connectivity index (χ1n) is 2.02. The van der Waals surface area contributed by atoms with Crippen LogP contribution in [0.15, 0.2) is 15.3 Å². The number of nitrogens with zero attached hydrogens (tertiary/aromatic N) is 2. The number of nitrogens with one attached hydrogen (secondary N) is 1. The number of hydrazine groups is 1. The Morgan fingerprint density at radius 2 is 2.22 bits per heavy atom. The van der Waals surface area contributed by atoms with E-state index in [-0.39, 0.29) is 5.16 Å². The lowest BCUT2D eigenvalue weighted by Gasteiger charge is -2.14. The molecule has 9 heavy (non-hydrogen) atoms. The van der Waals surface area contributed by atoms with E-state index in [0.717, 1.165) is 4.64 Å². The van der Waals surface area contributed by atoms with E-state index in [9.17, 15) is 0 Å². The van der Waals surface area contributed by atoms with Crippen molar-refractivity contribution >= 4 is 41.2 Å². The molecule has 0 saturated carbocycles. The Balaban J connectivity index is 2.75. The summed E-state index contributed by atoms with van der Waals surface area (Å²) in [5, 5.41) is 4.16. The Kier molecular flexibility index (Phi) is 2.05. The Hall–Kier alpha value is -0.120. The van der Waals surface area contributed by atoms with Gasteiger partial charge in [0.05, 0.1) is 23.0 Å². The Morgan fingerprint density at radius 1 is 1.56 bits per heavy atom. The van der Waals surface area contributed by atoms with Crippen molar-refractivity contribution < 1.29 is 0 Å². The van der Waals surface area contributed by atoms with E-state index in [1.165, 1.54) is 6.21 Å². The van der Waals surface area contributed by atoms with Crippen LogP contribution in [0.5, 0.6) is 0 Å². The fourth-order valence-corrected chi connectivity index (χ4v) is 0.707. The maximum atomic E-state index is 5.48. The van der Waals surface area contributed by atoms with Gasteiger partial charge in [-0.3, -0.25) is 5.43 Å². The summed E-state index contributed by atoms with van der Waals surface area (Å²) in [6.45, 7) is 0. The second-order valence-electron chi connectivity index (χ2n) is 1.28. The van der Waals surface area contributed by atoms with Crippen LogP contribution in [-0.4, -0.2) is 10.9 Å². The van der Waals surface area contributed by atoms with Gasteiger partial charge in [0.25, 0.3) is 0 Å². The topological polar surface area (TPSA) is 27.6 Å². The van der Waals surface area contributed by atoms with Crippen LogP contribution in [-0.2, 0) is 0 Å². The van der Waals surface area contributed by atoms with Crippen LogP contribution in [0.1, 0.15) is 0 Å². The zero-order chi connectivity index (χ0) is 6.85. The smallest absolute Gasteiger partial charge is 0.143 e. The van der Waals surface area contributed by atoms with Crippen molar-refractivity contribution in [2.45, 2.75) is 0 Å². The molecule has 1 heterocycles. The van der Waals surface area contributed by atoms with Crippen molar-refractivity contribution in [3.63, 3.8) is 0 Å². The molecule has 50 valence electrons. The fraction of sp³-hybridized carbons (Fsp3) is 0. The second kappa shape index (κ2) is 2.64. The molecule has 0 aromatic carbocycles. The van der Waals surface area contributed by atoms with Crippen LogP contribution in [0.2, 0.25) is 0 Å². The third-order valence-electron chi connectivity index (χ3n) is 0.673. The second-order valence-corrected chi connectivity index (χ2v) is 2.38. The molecule has 6 heteroatoms. The lowest BCUT2D eigenvalue weighted by atomic mass is 10.6. The van der Waals surface area contributed by atoms with Gasteiger partial charge in [-0.2, -0.15) is 0 Å². The van der Waals surface area contributed by atoms with Gasteiger partial charge >= 0.3 is 0 Å². The van der Waals surface area contributed by atoms with Crippen molar-refractivity contribution in [2.75, 3.05) is 0 Å². The third kappa shape index (κ3) is 1.64. The molecular weight excluding hydrogens is 184 g/mol. The van der Waals surface area contributed by atoms with Crippen LogP contribution in [0, 0.1) is 0 Å². The molecular formula is C3H2Cl3N3. The van der Waals surface area contributed by atoms with E-state index < -0.39 is 0 Å². The van der Waals surface area contributed by atoms with Crippen LogP contribution >= 0.6 is 35.0 Å². The van der Waals surface area contributed by atoms with E-state index >= 15 is 0 Å². The first-order chi connectivity index (χ1) is 4.20. The first-order valence-corrected chi connectivity index (χ1v) is 3.11. The summed E-state index contributed by atoms with van der Waals surface area (Å²) < 4.78 is 0.939. The van der Waals surface area contributed by atoms with E-state index in [2.05, 4.69) is 10.5 Å². The van der Waals surface area contributed by atoms with Gasteiger partial charge in [0.15, 0.2) is 0 Å². The van der Waals surface area contributed by atoms with Crippen LogP contribution < -0.4 is 5.43 Å². The van der Waals surface area contributed by atoms with Crippen molar-refractivity contribution in [3.05, 3.63) is 10.2 Å². The average molecular weight is 186 g/mol. The molecule has 3 nitrogen and oxygen atoms in total. The predicted molar refractivity (Wildman–Crippen MR) is 38.1 cm³/mol. The molecule has 0 radical (unpaired) electrons. The maximum absolute atomic E-state index is 5.48. The van der Waals surface area contributed by atoms with E-state index in [0.29, 0.717) is 5.03 Å². The quantitative estimate of drug-likeness (QED) is 0.460. The van der Waals surface area contributed by atoms with Crippen LogP contribution in [0.4, 0.5) is 0 Å². The highest BCUT2D eigenvalue weighted by Gasteiger charge is 2.06. The molecule has 1 rings (SSSR count). The van der Waals surface area contributed by atoms with Gasteiger partial charge in [-0.1, -0.05) is 23.2 Å². The number of allylic oxidation sites excluding steroid dienone is 1. The van der Waals surface area contributed by atoms with Crippen LogP contribution in [0.3, 0.4) is 0 Å². The summed E-state index contributed by atoms with van der Waals surface area (Å²) in [6.07, 6.45) is 1.34. The van der Waals surface area contributed by atoms with E-state index in [4.69, 9.17) is 35.0 Å². The maximum Gasteiger partial charge on any atom is 0.143 e. The highest BCUT2D eigenvalue weighted by molar-refractivity contribution is 6.46. The number of halogens is 3. The van der Waals surface area contributed by atoms with Crippen molar-refractivity contribution in [1.82, 2.24) is 10.1 Å². The summed E-state index contributed by atoms with van der Waals surface area (Å²) in [5.74, 6) is 0. The summed E-state index contributed by atoms with van der Waals surface area (Å²) >= 11 is 16.3. The van der Waals surface area contributed by atoms with Gasteiger partial charge < -0.3 is 0 Å². The third-order valence-corrected chi connectivity index (χ3v) is 1.52. The highest BCUT2D eigenvalue weighted by Crippen LogP contribution is 2.13. The zero-order valence-corrected chi connectivity index (χ0v) is 6.37. The molecule has 0 atom stereocenters. The number of hydrogen-bond acceptors (Lipinski definition) is 3.